The van der Waals surface area contributed by atoms with Crippen molar-refractivity contribution in [3.05, 3.63) is 73.4 Å². The van der Waals surface area contributed by atoms with Crippen LogP contribution in [-0.4, -0.2) is 56.6 Å². The Kier molecular flexibility index (Phi) is 7.76. The number of hydrogen-bond acceptors (Lipinski definition) is 8. The quantitative estimate of drug-likeness (QED) is 0.286. The van der Waals surface area contributed by atoms with Gasteiger partial charge in [0.25, 0.3) is 5.91 Å². The summed E-state index contributed by atoms with van der Waals surface area (Å²) in [5, 5.41) is 13.6. The predicted octanol–water partition coefficient (Wildman–Crippen LogP) is 4.83. The number of likely N-dealkylation sites (tertiary alicyclic amines) is 1. The average molecular weight is 686 g/mol. The maximum absolute atomic E-state index is 13.9. The third kappa shape index (κ3) is 4.94. The summed E-state index contributed by atoms with van der Waals surface area (Å²) in [6, 6.07) is 9.15. The minimum Gasteiger partial charge on any atom is -0.483 e. The number of halogens is 2. The van der Waals surface area contributed by atoms with Crippen LogP contribution in [0.4, 0.5) is 10.1 Å². The number of amides is 3. The number of ether oxygens (including phenoxy) is 1. The van der Waals surface area contributed by atoms with Gasteiger partial charge in [0.15, 0.2) is 6.61 Å². The Labute approximate surface area is 275 Å². The Bertz CT molecular complexity index is 1830. The highest BCUT2D eigenvalue weighted by Gasteiger charge is 2.70. The molecule has 7 unspecified atom stereocenters. The number of fused-ring (bicyclic) bond motifs is 9. The fourth-order valence-electron chi connectivity index (χ4n) is 8.12. The Morgan fingerprint density at radius 1 is 1.11 bits per heavy atom. The molecule has 14 heteroatoms. The average Bonchev–Trinajstić information content (AvgIpc) is 3.73. The summed E-state index contributed by atoms with van der Waals surface area (Å²) in [7, 11) is 0. The first-order valence-electron chi connectivity index (χ1n) is 14.9. The van der Waals surface area contributed by atoms with Gasteiger partial charge in [0.05, 0.1) is 16.9 Å². The van der Waals surface area contributed by atoms with Gasteiger partial charge >= 0.3 is 10.8 Å². The second-order valence-electron chi connectivity index (χ2n) is 12.6. The molecule has 7 rings (SSSR count). The highest BCUT2D eigenvalue weighted by molar-refractivity contribution is 8.00. The zero-order chi connectivity index (χ0) is 32.6. The number of thioether (sulfide) groups is 1. The van der Waals surface area contributed by atoms with Crippen LogP contribution in [-0.2, 0) is 19.2 Å². The summed E-state index contributed by atoms with van der Waals surface area (Å²) in [6.07, 6.45) is 0.620. The number of carbonyl (C=O) groups excluding carboxylic acids is 3. The number of aromatic nitrogens is 1. The molecular formula is C32H29ClFN3O7S2. The number of rotatable bonds is 8. The molecule has 2 saturated carbocycles. The van der Waals surface area contributed by atoms with Crippen molar-refractivity contribution in [3.8, 4) is 5.75 Å². The lowest BCUT2D eigenvalue weighted by atomic mass is 9.68. The number of carboxylic acids is 1. The number of aliphatic carboxylic acids is 1. The highest BCUT2D eigenvalue weighted by Crippen LogP contribution is 2.69. The van der Waals surface area contributed by atoms with Crippen LogP contribution < -0.4 is 14.9 Å². The van der Waals surface area contributed by atoms with Gasteiger partial charge in [-0.05, 0) is 72.6 Å². The summed E-state index contributed by atoms with van der Waals surface area (Å²) in [5.74, 6) is -5.43. The summed E-state index contributed by atoms with van der Waals surface area (Å²) in [4.78, 5) is 69.8. The molecule has 3 fully saturated rings. The Balaban J connectivity index is 1.24. The van der Waals surface area contributed by atoms with E-state index < -0.39 is 59.2 Å². The number of nitrogens with zero attached hydrogens (tertiary/aromatic N) is 1. The van der Waals surface area contributed by atoms with Gasteiger partial charge in [-0.15, -0.1) is 11.8 Å². The molecule has 46 heavy (non-hydrogen) atoms. The van der Waals surface area contributed by atoms with E-state index in [0.29, 0.717) is 33.5 Å². The van der Waals surface area contributed by atoms with E-state index in [1.54, 1.807) is 32.0 Å². The fourth-order valence-corrected chi connectivity index (χ4v) is 11.2. The molecule has 3 amide bonds. The number of imide groups is 1. The number of benzene rings is 2. The van der Waals surface area contributed by atoms with Crippen LogP contribution in [0.15, 0.2) is 52.3 Å². The van der Waals surface area contributed by atoms with E-state index in [-0.39, 0.29) is 34.5 Å². The molecule has 2 aliphatic heterocycles. The van der Waals surface area contributed by atoms with Crippen LogP contribution in [0, 0.1) is 41.3 Å². The number of aromatic amines is 1. The summed E-state index contributed by atoms with van der Waals surface area (Å²) in [5.41, 5.74) is 1.06. The van der Waals surface area contributed by atoms with E-state index in [0.717, 1.165) is 21.1 Å². The van der Waals surface area contributed by atoms with Crippen molar-refractivity contribution in [3.63, 3.8) is 0 Å². The molecule has 1 aromatic heterocycles. The zero-order valence-corrected chi connectivity index (χ0v) is 27.0. The number of carbonyl (C=O) groups is 4. The van der Waals surface area contributed by atoms with Gasteiger partial charge in [0, 0.05) is 32.3 Å². The summed E-state index contributed by atoms with van der Waals surface area (Å²) < 4.78 is 19.4. The second kappa shape index (κ2) is 11.5. The van der Waals surface area contributed by atoms with Crippen LogP contribution in [0.2, 0.25) is 5.02 Å². The van der Waals surface area contributed by atoms with Crippen molar-refractivity contribution in [1.82, 2.24) is 9.88 Å². The van der Waals surface area contributed by atoms with Gasteiger partial charge in [-0.2, -0.15) is 0 Å². The SMILES string of the molecule is CC(C)C(C(=O)O)N1C(=O)C2C3CC(C2C1=O)C1C3Sc2[nH]c(=O)sc2[C@@H]1c1cc(Cl)ccc1OCC(=O)Nc1ccc(F)cc1. The van der Waals surface area contributed by atoms with Crippen molar-refractivity contribution in [2.75, 3.05) is 11.9 Å². The molecule has 3 N–H and O–H groups in total. The van der Waals surface area contributed by atoms with E-state index in [9.17, 15) is 33.5 Å². The Morgan fingerprint density at radius 2 is 1.80 bits per heavy atom. The van der Waals surface area contributed by atoms with Crippen molar-refractivity contribution in [1.29, 1.82) is 0 Å². The Hall–Kier alpha value is -3.68. The third-order valence-corrected chi connectivity index (χ3v) is 12.5. The monoisotopic (exact) mass is 685 g/mol. The van der Waals surface area contributed by atoms with Gasteiger partial charge in [0.2, 0.25) is 11.8 Å². The Morgan fingerprint density at radius 3 is 2.48 bits per heavy atom. The lowest BCUT2D eigenvalue weighted by Gasteiger charge is -2.43. The maximum atomic E-state index is 13.9. The third-order valence-electron chi connectivity index (χ3n) is 9.71. The molecule has 2 bridgehead atoms. The molecule has 1 saturated heterocycles. The summed E-state index contributed by atoms with van der Waals surface area (Å²) in [6.45, 7) is 3.01. The minimum absolute atomic E-state index is 0.137. The molecule has 10 nitrogen and oxygen atoms in total. The highest BCUT2D eigenvalue weighted by atomic mass is 35.5. The molecule has 8 atom stereocenters. The number of thiazole rings is 1. The molecule has 4 aliphatic rings. The van der Waals surface area contributed by atoms with E-state index in [1.807, 2.05) is 0 Å². The topological polar surface area (TPSA) is 146 Å². The largest absolute Gasteiger partial charge is 0.483 e. The first-order valence-corrected chi connectivity index (χ1v) is 17.0. The molecule has 240 valence electrons. The number of anilines is 1. The zero-order valence-electron chi connectivity index (χ0n) is 24.6. The van der Waals surface area contributed by atoms with Gasteiger partial charge in [-0.1, -0.05) is 36.8 Å². The number of H-pyrrole nitrogens is 1. The first-order chi connectivity index (χ1) is 21.9. The van der Waals surface area contributed by atoms with E-state index >= 15 is 0 Å². The molecule has 2 aromatic carbocycles. The predicted molar refractivity (Wildman–Crippen MR) is 169 cm³/mol. The van der Waals surface area contributed by atoms with E-state index in [1.165, 1.54) is 36.0 Å². The summed E-state index contributed by atoms with van der Waals surface area (Å²) >= 11 is 9.10. The molecule has 3 heterocycles. The minimum atomic E-state index is -1.25. The number of nitrogens with one attached hydrogen (secondary N) is 2. The van der Waals surface area contributed by atoms with Crippen LogP contribution in [0.1, 0.15) is 36.6 Å². The van der Waals surface area contributed by atoms with Gasteiger partial charge < -0.3 is 20.1 Å². The lowest BCUT2D eigenvalue weighted by Crippen LogP contribution is -2.49. The second-order valence-corrected chi connectivity index (χ2v) is 15.2. The number of hydrogen-bond donors (Lipinski definition) is 3. The number of carboxylic acid groups (broad SMARTS) is 1. The normalized spacial score (nSPS) is 28.2. The van der Waals surface area contributed by atoms with Crippen LogP contribution >= 0.6 is 34.7 Å². The van der Waals surface area contributed by atoms with Crippen LogP contribution in [0.3, 0.4) is 0 Å². The van der Waals surface area contributed by atoms with E-state index in [4.69, 9.17) is 16.3 Å². The fraction of sp³-hybridized carbons (Fsp3) is 0.406. The molecule has 2 aliphatic carbocycles. The lowest BCUT2D eigenvalue weighted by molar-refractivity contribution is -0.157. The van der Waals surface area contributed by atoms with Gasteiger partial charge in [-0.3, -0.25) is 24.1 Å². The molecular weight excluding hydrogens is 657 g/mol. The van der Waals surface area contributed by atoms with Gasteiger partial charge in [-0.25, -0.2) is 9.18 Å². The van der Waals surface area contributed by atoms with Crippen molar-refractivity contribution < 1.29 is 33.4 Å². The standard InChI is InChI=1S/C32H29ClFN3O7S2/c1-12(2)25(31(41)42)37-29(39)23-17-10-18(24(23)30(37)40)26-22(17)21(27-28(45-26)36-32(43)46-27)16-9-13(33)3-8-19(16)44-11-20(38)35-15-6-4-14(34)5-7-15/h3-9,12,17-18,21-26H,10-11H2,1-2H3,(H,35,38)(H,36,43)(H,41,42)/t17?,18?,21-,22?,23?,24?,25?,26?/m1/s1. The molecule has 0 radical (unpaired) electrons. The van der Waals surface area contributed by atoms with E-state index in [2.05, 4.69) is 10.3 Å². The maximum Gasteiger partial charge on any atom is 0.327 e. The van der Waals surface area contributed by atoms with Crippen molar-refractivity contribution in [2.45, 2.75) is 42.5 Å². The molecule has 3 aromatic rings. The van der Waals surface area contributed by atoms with Gasteiger partial charge in [0.1, 0.15) is 17.6 Å². The smallest absolute Gasteiger partial charge is 0.327 e. The van der Waals surface area contributed by atoms with Crippen LogP contribution in [0.5, 0.6) is 5.75 Å². The van der Waals surface area contributed by atoms with Crippen molar-refractivity contribution >= 4 is 64.1 Å². The van der Waals surface area contributed by atoms with Crippen LogP contribution in [0.25, 0.3) is 0 Å². The van der Waals surface area contributed by atoms with Crippen molar-refractivity contribution in [2.24, 2.45) is 35.5 Å². The molecule has 0 spiro atoms. The first kappa shape index (κ1) is 30.9.